The average molecular weight is 293 g/mol. The number of rotatable bonds is 1. The normalized spacial score (nSPS) is 18.2. The molecule has 1 aliphatic carbocycles. The van der Waals surface area contributed by atoms with Gasteiger partial charge in [0.1, 0.15) is 0 Å². The lowest BCUT2D eigenvalue weighted by Gasteiger charge is -2.19. The van der Waals surface area contributed by atoms with Gasteiger partial charge >= 0.3 is 12.1 Å². The fraction of sp³-hybridized carbons (Fsp3) is 0.333. The van der Waals surface area contributed by atoms with E-state index in [0.717, 1.165) is 6.20 Å². The molecule has 0 saturated heterocycles. The zero-order valence-corrected chi connectivity index (χ0v) is 10.1. The van der Waals surface area contributed by atoms with E-state index in [9.17, 15) is 31.9 Å². The summed E-state index contributed by atoms with van der Waals surface area (Å²) >= 11 is 0. The molecule has 20 heavy (non-hydrogen) atoms. The Kier molecular flexibility index (Phi) is 3.07. The summed E-state index contributed by atoms with van der Waals surface area (Å²) in [6.45, 7) is 1.58. The van der Waals surface area contributed by atoms with Crippen LogP contribution in [0.25, 0.3) is 0 Å². The minimum atomic E-state index is -5.96. The first-order valence-corrected chi connectivity index (χ1v) is 5.43. The molecule has 108 valence electrons. The van der Waals surface area contributed by atoms with E-state index in [0.29, 0.717) is 5.69 Å². The van der Waals surface area contributed by atoms with Crippen LogP contribution < -0.4 is 0 Å². The Labute approximate surface area is 109 Å². The number of nitrogens with zero attached hydrogens (tertiary/aromatic N) is 1. The Morgan fingerprint density at radius 3 is 2.45 bits per heavy atom. The molecule has 0 saturated carbocycles. The van der Waals surface area contributed by atoms with Crippen molar-refractivity contribution in [2.75, 3.05) is 0 Å². The van der Waals surface area contributed by atoms with Crippen molar-refractivity contribution < 1.29 is 31.9 Å². The third-order valence-electron chi connectivity index (χ3n) is 2.95. The van der Waals surface area contributed by atoms with Crippen molar-refractivity contribution in [3.05, 3.63) is 40.4 Å². The van der Waals surface area contributed by atoms with Crippen LogP contribution in [0.1, 0.15) is 21.6 Å². The summed E-state index contributed by atoms with van der Waals surface area (Å²) in [7, 11) is 0. The Balaban J connectivity index is 2.52. The lowest BCUT2D eigenvalue weighted by molar-refractivity contribution is -0.274. The standard InChI is InChI=1S/C12H8F5NO2/c1-5-2-6-3-7(9(19)8(6)4-18-5)10(20)11(13,14)12(15,16)17/h2,4,20H,3H2,1H3/b10-7-. The number of aliphatic hydroxyl groups is 1. The monoisotopic (exact) mass is 293 g/mol. The number of fused-ring (bicyclic) bond motifs is 1. The molecule has 2 rings (SSSR count). The van der Waals surface area contributed by atoms with Gasteiger partial charge in [-0.05, 0) is 18.6 Å². The average Bonchev–Trinajstić information content (AvgIpc) is 2.63. The van der Waals surface area contributed by atoms with Crippen molar-refractivity contribution in [1.82, 2.24) is 4.98 Å². The molecule has 1 aromatic rings. The molecular weight excluding hydrogens is 285 g/mol. The summed E-state index contributed by atoms with van der Waals surface area (Å²) in [4.78, 5) is 15.5. The molecule has 0 aromatic carbocycles. The van der Waals surface area contributed by atoms with E-state index in [2.05, 4.69) is 4.98 Å². The van der Waals surface area contributed by atoms with Crippen LogP contribution in [0.2, 0.25) is 0 Å². The number of hydrogen-bond acceptors (Lipinski definition) is 3. The molecular formula is C12H8F5NO2. The maximum absolute atomic E-state index is 13.1. The Morgan fingerprint density at radius 2 is 1.90 bits per heavy atom. The van der Waals surface area contributed by atoms with Crippen molar-refractivity contribution in [3.63, 3.8) is 0 Å². The second-order valence-corrected chi connectivity index (χ2v) is 4.39. The number of hydrogen-bond donors (Lipinski definition) is 1. The molecule has 1 heterocycles. The van der Waals surface area contributed by atoms with Gasteiger partial charge in [-0.15, -0.1) is 0 Å². The van der Waals surface area contributed by atoms with Crippen LogP contribution in [0.4, 0.5) is 22.0 Å². The van der Waals surface area contributed by atoms with E-state index in [1.807, 2.05) is 0 Å². The largest absolute Gasteiger partial charge is 0.506 e. The smallest absolute Gasteiger partial charge is 0.461 e. The number of aliphatic hydroxyl groups excluding tert-OH is 1. The summed E-state index contributed by atoms with van der Waals surface area (Å²) in [6, 6.07) is 1.40. The summed E-state index contributed by atoms with van der Waals surface area (Å²) in [5, 5.41) is 9.19. The van der Waals surface area contributed by atoms with Crippen molar-refractivity contribution in [1.29, 1.82) is 0 Å². The van der Waals surface area contributed by atoms with Crippen molar-refractivity contribution in [2.24, 2.45) is 0 Å². The van der Waals surface area contributed by atoms with Gasteiger partial charge in [0.25, 0.3) is 0 Å². The first-order chi connectivity index (χ1) is 9.05. The van der Waals surface area contributed by atoms with Crippen molar-refractivity contribution in [2.45, 2.75) is 25.4 Å². The number of aromatic nitrogens is 1. The van der Waals surface area contributed by atoms with Gasteiger partial charge in [-0.2, -0.15) is 22.0 Å². The number of aryl methyl sites for hydroxylation is 1. The van der Waals surface area contributed by atoms with Crippen molar-refractivity contribution >= 4 is 5.78 Å². The number of carbonyl (C=O) groups is 1. The fourth-order valence-corrected chi connectivity index (χ4v) is 1.92. The summed E-state index contributed by atoms with van der Waals surface area (Å²) in [6.07, 6.45) is -5.35. The van der Waals surface area contributed by atoms with Gasteiger partial charge in [-0.1, -0.05) is 0 Å². The van der Waals surface area contributed by atoms with Gasteiger partial charge in [0.2, 0.25) is 0 Å². The zero-order chi connectivity index (χ0) is 15.3. The highest BCUT2D eigenvalue weighted by atomic mass is 19.4. The zero-order valence-electron chi connectivity index (χ0n) is 10.1. The first-order valence-electron chi connectivity index (χ1n) is 5.43. The third kappa shape index (κ3) is 2.04. The van der Waals surface area contributed by atoms with E-state index in [4.69, 9.17) is 0 Å². The fourth-order valence-electron chi connectivity index (χ4n) is 1.92. The molecule has 0 fully saturated rings. The van der Waals surface area contributed by atoms with E-state index in [-0.39, 0.29) is 11.1 Å². The highest BCUT2D eigenvalue weighted by Gasteiger charge is 2.62. The predicted octanol–water partition coefficient (Wildman–Crippen LogP) is 3.14. The van der Waals surface area contributed by atoms with Gasteiger partial charge < -0.3 is 5.11 Å². The summed E-state index contributed by atoms with van der Waals surface area (Å²) < 4.78 is 62.7. The van der Waals surface area contributed by atoms with Crippen LogP contribution in [0.3, 0.4) is 0 Å². The van der Waals surface area contributed by atoms with Gasteiger partial charge in [0.05, 0.1) is 0 Å². The van der Waals surface area contributed by atoms with Gasteiger partial charge in [-0.25, -0.2) is 0 Å². The molecule has 1 aliphatic rings. The van der Waals surface area contributed by atoms with Crippen LogP contribution in [-0.4, -0.2) is 28.0 Å². The highest BCUT2D eigenvalue weighted by molar-refractivity contribution is 6.13. The van der Waals surface area contributed by atoms with Crippen LogP contribution in [-0.2, 0) is 6.42 Å². The van der Waals surface area contributed by atoms with Crippen LogP contribution in [0.15, 0.2) is 23.6 Å². The number of alkyl halides is 5. The maximum Gasteiger partial charge on any atom is 0.461 e. The Hall–Kier alpha value is -1.99. The lowest BCUT2D eigenvalue weighted by atomic mass is 10.1. The second-order valence-electron chi connectivity index (χ2n) is 4.39. The maximum atomic E-state index is 13.1. The number of halogens is 5. The number of carbonyl (C=O) groups excluding carboxylic acids is 1. The topological polar surface area (TPSA) is 50.2 Å². The highest BCUT2D eigenvalue weighted by Crippen LogP contribution is 2.43. The molecule has 1 aromatic heterocycles. The Bertz CT molecular complexity index is 619. The van der Waals surface area contributed by atoms with Crippen molar-refractivity contribution in [3.8, 4) is 0 Å². The molecule has 0 atom stereocenters. The van der Waals surface area contributed by atoms with E-state index in [1.54, 1.807) is 6.92 Å². The minimum Gasteiger partial charge on any atom is -0.506 e. The van der Waals surface area contributed by atoms with E-state index < -0.39 is 35.6 Å². The third-order valence-corrected chi connectivity index (χ3v) is 2.95. The number of allylic oxidation sites excluding steroid dienone is 2. The molecule has 3 nitrogen and oxygen atoms in total. The quantitative estimate of drug-likeness (QED) is 0.491. The van der Waals surface area contributed by atoms with Gasteiger partial charge in [0.15, 0.2) is 11.5 Å². The lowest BCUT2D eigenvalue weighted by Crippen LogP contribution is -2.39. The van der Waals surface area contributed by atoms with Gasteiger partial charge in [0, 0.05) is 29.4 Å². The minimum absolute atomic E-state index is 0.0740. The SMILES string of the molecule is Cc1cc2c(cn1)C(=O)/C(=C(\O)C(F)(F)C(F)(F)F)C2. The number of pyridine rings is 1. The van der Waals surface area contributed by atoms with E-state index >= 15 is 0 Å². The van der Waals surface area contributed by atoms with E-state index in [1.165, 1.54) is 6.07 Å². The molecule has 8 heteroatoms. The van der Waals surface area contributed by atoms with Crippen LogP contribution in [0, 0.1) is 6.92 Å². The number of Topliss-reactive ketones (excluding diaryl/α,β-unsaturated/α-hetero) is 1. The molecule has 0 spiro atoms. The molecule has 0 radical (unpaired) electrons. The first kappa shape index (κ1) is 14.4. The predicted molar refractivity (Wildman–Crippen MR) is 57.7 cm³/mol. The van der Waals surface area contributed by atoms with Gasteiger partial charge in [-0.3, -0.25) is 9.78 Å². The number of ketones is 1. The molecule has 0 amide bonds. The molecule has 1 N–H and O–H groups in total. The summed E-state index contributed by atoms with van der Waals surface area (Å²) in [5.41, 5.74) is -0.272. The summed E-state index contributed by atoms with van der Waals surface area (Å²) in [5.74, 6) is -8.76. The molecule has 0 unspecified atom stereocenters. The second kappa shape index (κ2) is 4.26. The van der Waals surface area contributed by atoms with Crippen LogP contribution >= 0.6 is 0 Å². The molecule has 0 bridgehead atoms. The molecule has 0 aliphatic heterocycles. The Morgan fingerprint density at radius 1 is 1.30 bits per heavy atom. The van der Waals surface area contributed by atoms with Crippen LogP contribution in [0.5, 0.6) is 0 Å².